The molecule has 0 aromatic carbocycles. The van der Waals surface area contributed by atoms with Crippen LogP contribution in [0.15, 0.2) is 17.3 Å². The standard InChI is InChI=1S/C10H10N2O2S/c1-7-2-4-12-10(8(7)6-11)15-5-3-9(13)14/h2,4H,3,5H2,1H3,(H,13,14). The van der Waals surface area contributed by atoms with Crippen LogP contribution in [0.3, 0.4) is 0 Å². The summed E-state index contributed by atoms with van der Waals surface area (Å²) < 4.78 is 0. The van der Waals surface area contributed by atoms with Crippen molar-refractivity contribution in [1.82, 2.24) is 4.98 Å². The zero-order valence-electron chi connectivity index (χ0n) is 8.23. The van der Waals surface area contributed by atoms with Gasteiger partial charge in [-0.25, -0.2) is 4.98 Å². The second kappa shape index (κ2) is 5.37. The Hall–Kier alpha value is -1.54. The molecule has 15 heavy (non-hydrogen) atoms. The molecule has 78 valence electrons. The Labute approximate surface area is 91.9 Å². The van der Waals surface area contributed by atoms with Gasteiger partial charge in [0, 0.05) is 11.9 Å². The van der Waals surface area contributed by atoms with Crippen molar-refractivity contribution in [1.29, 1.82) is 5.26 Å². The number of carboxylic acids is 1. The van der Waals surface area contributed by atoms with Crippen LogP contribution in [0.2, 0.25) is 0 Å². The van der Waals surface area contributed by atoms with Gasteiger partial charge in [-0.3, -0.25) is 4.79 Å². The molecule has 0 aliphatic carbocycles. The maximum absolute atomic E-state index is 10.3. The predicted octanol–water partition coefficient (Wildman–Crippen LogP) is 1.83. The van der Waals surface area contributed by atoms with E-state index >= 15 is 0 Å². The molecule has 0 unspecified atom stereocenters. The summed E-state index contributed by atoms with van der Waals surface area (Å²) in [5, 5.41) is 18.0. The molecular weight excluding hydrogens is 212 g/mol. The Balaban J connectivity index is 2.73. The van der Waals surface area contributed by atoms with Crippen molar-refractivity contribution < 1.29 is 9.90 Å². The minimum absolute atomic E-state index is 0.0746. The topological polar surface area (TPSA) is 74.0 Å². The third-order valence-electron chi connectivity index (χ3n) is 1.79. The van der Waals surface area contributed by atoms with Crippen LogP contribution < -0.4 is 0 Å². The van der Waals surface area contributed by atoms with Crippen molar-refractivity contribution >= 4 is 17.7 Å². The van der Waals surface area contributed by atoms with E-state index in [0.717, 1.165) is 5.56 Å². The van der Waals surface area contributed by atoms with Crippen LogP contribution in [0, 0.1) is 18.3 Å². The largest absolute Gasteiger partial charge is 0.481 e. The lowest BCUT2D eigenvalue weighted by molar-refractivity contribution is -0.136. The molecule has 0 saturated carbocycles. The zero-order chi connectivity index (χ0) is 11.3. The number of aromatic nitrogens is 1. The van der Waals surface area contributed by atoms with E-state index in [4.69, 9.17) is 10.4 Å². The normalized spacial score (nSPS) is 9.60. The molecule has 1 aromatic rings. The van der Waals surface area contributed by atoms with Crippen LogP contribution >= 0.6 is 11.8 Å². The first-order valence-electron chi connectivity index (χ1n) is 4.35. The van der Waals surface area contributed by atoms with Gasteiger partial charge < -0.3 is 5.11 Å². The fourth-order valence-corrected chi connectivity index (χ4v) is 1.97. The van der Waals surface area contributed by atoms with E-state index in [1.807, 2.05) is 6.92 Å². The van der Waals surface area contributed by atoms with Gasteiger partial charge in [0.2, 0.25) is 0 Å². The highest BCUT2D eigenvalue weighted by Gasteiger charge is 2.07. The van der Waals surface area contributed by atoms with Gasteiger partial charge in [0.15, 0.2) is 0 Å². The number of pyridine rings is 1. The molecule has 1 N–H and O–H groups in total. The first-order valence-corrected chi connectivity index (χ1v) is 5.34. The highest BCUT2D eigenvalue weighted by atomic mass is 32.2. The van der Waals surface area contributed by atoms with Gasteiger partial charge in [0.25, 0.3) is 0 Å². The number of hydrogen-bond acceptors (Lipinski definition) is 4. The predicted molar refractivity (Wildman–Crippen MR) is 56.7 cm³/mol. The number of carbonyl (C=O) groups is 1. The number of aliphatic carboxylic acids is 1. The quantitative estimate of drug-likeness (QED) is 0.786. The molecule has 1 aromatic heterocycles. The van der Waals surface area contributed by atoms with Crippen LogP contribution in [0.4, 0.5) is 0 Å². The zero-order valence-corrected chi connectivity index (χ0v) is 9.04. The van der Waals surface area contributed by atoms with Crippen LogP contribution in [-0.4, -0.2) is 21.8 Å². The van der Waals surface area contributed by atoms with E-state index in [9.17, 15) is 4.79 Å². The molecule has 0 radical (unpaired) electrons. The van der Waals surface area contributed by atoms with Crippen molar-refractivity contribution in [2.24, 2.45) is 0 Å². The van der Waals surface area contributed by atoms with Gasteiger partial charge in [0.1, 0.15) is 11.1 Å². The second-order valence-electron chi connectivity index (χ2n) is 2.91. The number of carboxylic acid groups (broad SMARTS) is 1. The van der Waals surface area contributed by atoms with E-state index in [0.29, 0.717) is 16.3 Å². The minimum atomic E-state index is -0.839. The number of thioether (sulfide) groups is 1. The fourth-order valence-electron chi connectivity index (χ4n) is 1.01. The number of hydrogen-bond donors (Lipinski definition) is 1. The number of aryl methyl sites for hydroxylation is 1. The van der Waals surface area contributed by atoms with E-state index in [-0.39, 0.29) is 6.42 Å². The van der Waals surface area contributed by atoms with Crippen LogP contribution in [0.25, 0.3) is 0 Å². The average molecular weight is 222 g/mol. The van der Waals surface area contributed by atoms with Gasteiger partial charge >= 0.3 is 5.97 Å². The van der Waals surface area contributed by atoms with Gasteiger partial charge in [-0.15, -0.1) is 11.8 Å². The Bertz CT molecular complexity index is 412. The summed E-state index contributed by atoms with van der Waals surface area (Å²) in [6.45, 7) is 1.83. The van der Waals surface area contributed by atoms with Crippen molar-refractivity contribution in [2.45, 2.75) is 18.4 Å². The molecule has 0 saturated heterocycles. The second-order valence-corrected chi connectivity index (χ2v) is 4.00. The Morgan fingerprint density at radius 2 is 2.47 bits per heavy atom. The van der Waals surface area contributed by atoms with E-state index < -0.39 is 5.97 Å². The molecule has 0 amide bonds. The fraction of sp³-hybridized carbons (Fsp3) is 0.300. The van der Waals surface area contributed by atoms with Crippen molar-refractivity contribution in [3.63, 3.8) is 0 Å². The van der Waals surface area contributed by atoms with Crippen LogP contribution in [0.5, 0.6) is 0 Å². The molecule has 0 spiro atoms. The lowest BCUT2D eigenvalue weighted by Crippen LogP contribution is -1.97. The molecule has 0 aliphatic rings. The third-order valence-corrected chi connectivity index (χ3v) is 2.78. The summed E-state index contributed by atoms with van der Waals surface area (Å²) in [5.74, 6) is -0.408. The molecule has 0 aliphatic heterocycles. The Morgan fingerprint density at radius 3 is 3.07 bits per heavy atom. The maximum Gasteiger partial charge on any atom is 0.304 e. The van der Waals surface area contributed by atoms with E-state index in [1.54, 1.807) is 12.3 Å². The number of nitriles is 1. The lowest BCUT2D eigenvalue weighted by atomic mass is 10.2. The van der Waals surface area contributed by atoms with E-state index in [2.05, 4.69) is 11.1 Å². The lowest BCUT2D eigenvalue weighted by Gasteiger charge is -2.03. The van der Waals surface area contributed by atoms with Crippen molar-refractivity contribution in [3.8, 4) is 6.07 Å². The summed E-state index contributed by atoms with van der Waals surface area (Å²) in [6.07, 6.45) is 1.70. The molecule has 0 bridgehead atoms. The third kappa shape index (κ3) is 3.26. The first-order chi connectivity index (χ1) is 7.15. The SMILES string of the molecule is Cc1ccnc(SCCC(=O)O)c1C#N. The highest BCUT2D eigenvalue weighted by molar-refractivity contribution is 7.99. The van der Waals surface area contributed by atoms with Gasteiger partial charge in [-0.05, 0) is 18.6 Å². The molecule has 0 atom stereocenters. The van der Waals surface area contributed by atoms with Gasteiger partial charge in [-0.2, -0.15) is 5.26 Å². The summed E-state index contributed by atoms with van der Waals surface area (Å²) in [7, 11) is 0. The van der Waals surface area contributed by atoms with Crippen molar-refractivity contribution in [2.75, 3.05) is 5.75 Å². The molecule has 0 fully saturated rings. The highest BCUT2D eigenvalue weighted by Crippen LogP contribution is 2.22. The Kier molecular flexibility index (Phi) is 4.13. The minimum Gasteiger partial charge on any atom is -0.481 e. The van der Waals surface area contributed by atoms with Crippen LogP contribution in [0.1, 0.15) is 17.5 Å². The first kappa shape index (κ1) is 11.5. The molecule has 1 rings (SSSR count). The molecular formula is C10H10N2O2S. The van der Waals surface area contributed by atoms with Gasteiger partial charge in [0.05, 0.1) is 12.0 Å². The average Bonchev–Trinajstić information content (AvgIpc) is 2.17. The summed E-state index contributed by atoms with van der Waals surface area (Å²) in [5.41, 5.74) is 1.40. The smallest absolute Gasteiger partial charge is 0.304 e. The van der Waals surface area contributed by atoms with Gasteiger partial charge in [-0.1, -0.05) is 0 Å². The Morgan fingerprint density at radius 1 is 1.73 bits per heavy atom. The van der Waals surface area contributed by atoms with Crippen LogP contribution in [-0.2, 0) is 4.79 Å². The number of rotatable bonds is 4. The van der Waals surface area contributed by atoms with Crippen molar-refractivity contribution in [3.05, 3.63) is 23.4 Å². The monoisotopic (exact) mass is 222 g/mol. The van der Waals surface area contributed by atoms with E-state index in [1.165, 1.54) is 11.8 Å². The summed E-state index contributed by atoms with van der Waals surface area (Å²) in [4.78, 5) is 14.4. The number of nitrogens with zero attached hydrogens (tertiary/aromatic N) is 2. The maximum atomic E-state index is 10.3. The summed E-state index contributed by atoms with van der Waals surface area (Å²) in [6, 6.07) is 3.83. The molecule has 1 heterocycles. The summed E-state index contributed by atoms with van der Waals surface area (Å²) >= 11 is 1.30. The molecule has 5 heteroatoms. The molecule has 4 nitrogen and oxygen atoms in total.